The van der Waals surface area contributed by atoms with Crippen LogP contribution in [0.1, 0.15) is 34.1 Å². The predicted octanol–water partition coefficient (Wildman–Crippen LogP) is 0.722. The quantitative estimate of drug-likeness (QED) is 0.537. The summed E-state index contributed by atoms with van der Waals surface area (Å²) in [5.74, 6) is 1.19. The van der Waals surface area contributed by atoms with Crippen LogP contribution in [0.2, 0.25) is 0 Å². The summed E-state index contributed by atoms with van der Waals surface area (Å²) in [6.07, 6.45) is 0.535. The van der Waals surface area contributed by atoms with Gasteiger partial charge in [0.15, 0.2) is 0 Å². The Bertz CT molecular complexity index is 193. The van der Waals surface area contributed by atoms with Gasteiger partial charge in [0, 0.05) is 19.0 Å². The van der Waals surface area contributed by atoms with E-state index in [1.165, 1.54) is 0 Å². The fourth-order valence-corrected chi connectivity index (χ4v) is 1.47. The molecule has 0 aliphatic rings. The number of carbonyl (C=O) groups excluding carboxylic acids is 1. The smallest absolute Gasteiger partial charge is 0.221 e. The minimum atomic E-state index is 0.108. The predicted molar refractivity (Wildman–Crippen MR) is 68.1 cm³/mol. The van der Waals surface area contributed by atoms with Crippen LogP contribution in [-0.2, 0) is 4.79 Å². The standard InChI is InChI=1S/C12H27N3O/c1-9(2)11(7-13)8-14-6-5-12(16)15-10(3)4/h9-11,14H,5-8,13H2,1-4H3,(H,15,16). The van der Waals surface area contributed by atoms with E-state index >= 15 is 0 Å². The second kappa shape index (κ2) is 8.53. The molecule has 0 aliphatic heterocycles. The molecule has 0 aromatic rings. The van der Waals surface area contributed by atoms with Gasteiger partial charge < -0.3 is 16.4 Å². The van der Waals surface area contributed by atoms with Crippen LogP contribution >= 0.6 is 0 Å². The molecule has 0 saturated carbocycles. The van der Waals surface area contributed by atoms with Crippen molar-refractivity contribution in [2.75, 3.05) is 19.6 Å². The normalized spacial score (nSPS) is 13.2. The van der Waals surface area contributed by atoms with Crippen molar-refractivity contribution in [1.82, 2.24) is 10.6 Å². The van der Waals surface area contributed by atoms with Crippen LogP contribution in [0.5, 0.6) is 0 Å². The highest BCUT2D eigenvalue weighted by Gasteiger charge is 2.10. The van der Waals surface area contributed by atoms with Crippen molar-refractivity contribution in [1.29, 1.82) is 0 Å². The molecule has 1 amide bonds. The van der Waals surface area contributed by atoms with E-state index in [1.54, 1.807) is 0 Å². The van der Waals surface area contributed by atoms with E-state index in [-0.39, 0.29) is 11.9 Å². The van der Waals surface area contributed by atoms with Crippen molar-refractivity contribution in [3.8, 4) is 0 Å². The molecule has 96 valence electrons. The van der Waals surface area contributed by atoms with Crippen molar-refractivity contribution in [2.45, 2.75) is 40.2 Å². The van der Waals surface area contributed by atoms with Gasteiger partial charge in [0.1, 0.15) is 0 Å². The zero-order chi connectivity index (χ0) is 12.6. The van der Waals surface area contributed by atoms with Gasteiger partial charge in [-0.3, -0.25) is 4.79 Å². The average Bonchev–Trinajstić information content (AvgIpc) is 2.16. The Morgan fingerprint density at radius 1 is 1.25 bits per heavy atom. The summed E-state index contributed by atoms with van der Waals surface area (Å²) in [5.41, 5.74) is 5.66. The monoisotopic (exact) mass is 229 g/mol. The maximum absolute atomic E-state index is 11.3. The first-order valence-corrected chi connectivity index (χ1v) is 6.17. The van der Waals surface area contributed by atoms with Gasteiger partial charge in [-0.25, -0.2) is 0 Å². The maximum atomic E-state index is 11.3. The first-order chi connectivity index (χ1) is 7.47. The van der Waals surface area contributed by atoms with Crippen molar-refractivity contribution >= 4 is 5.91 Å². The van der Waals surface area contributed by atoms with Crippen LogP contribution in [0.3, 0.4) is 0 Å². The Balaban J connectivity index is 3.55. The summed E-state index contributed by atoms with van der Waals surface area (Å²) >= 11 is 0. The number of hydrogen-bond donors (Lipinski definition) is 3. The first-order valence-electron chi connectivity index (χ1n) is 6.17. The summed E-state index contributed by atoms with van der Waals surface area (Å²) in [6.45, 7) is 10.6. The van der Waals surface area contributed by atoms with Crippen LogP contribution in [0.15, 0.2) is 0 Å². The molecule has 0 aliphatic carbocycles. The zero-order valence-corrected chi connectivity index (χ0v) is 11.0. The molecule has 0 aromatic heterocycles. The van der Waals surface area contributed by atoms with Gasteiger partial charge in [0.2, 0.25) is 5.91 Å². The van der Waals surface area contributed by atoms with E-state index in [2.05, 4.69) is 24.5 Å². The van der Waals surface area contributed by atoms with E-state index in [0.717, 1.165) is 13.1 Å². The fraction of sp³-hybridized carbons (Fsp3) is 0.917. The molecule has 1 atom stereocenters. The van der Waals surface area contributed by atoms with Crippen molar-refractivity contribution in [2.24, 2.45) is 17.6 Å². The summed E-state index contributed by atoms with van der Waals surface area (Å²) in [6, 6.07) is 0.222. The Morgan fingerprint density at radius 2 is 1.88 bits per heavy atom. The summed E-state index contributed by atoms with van der Waals surface area (Å²) in [4.78, 5) is 11.3. The Hall–Kier alpha value is -0.610. The molecule has 1 unspecified atom stereocenters. The fourth-order valence-electron chi connectivity index (χ4n) is 1.47. The van der Waals surface area contributed by atoms with Crippen LogP contribution in [-0.4, -0.2) is 31.6 Å². The van der Waals surface area contributed by atoms with Gasteiger partial charge in [-0.1, -0.05) is 13.8 Å². The number of carbonyl (C=O) groups is 1. The zero-order valence-electron chi connectivity index (χ0n) is 11.0. The van der Waals surface area contributed by atoms with Gasteiger partial charge in [-0.2, -0.15) is 0 Å². The molecule has 4 heteroatoms. The molecule has 4 N–H and O–H groups in total. The Morgan fingerprint density at radius 3 is 2.31 bits per heavy atom. The largest absolute Gasteiger partial charge is 0.354 e. The molecule has 16 heavy (non-hydrogen) atoms. The Labute approximate surface area is 99.4 Å². The van der Waals surface area contributed by atoms with Gasteiger partial charge in [0.05, 0.1) is 0 Å². The van der Waals surface area contributed by atoms with Crippen molar-refractivity contribution in [3.05, 3.63) is 0 Å². The number of amides is 1. The third kappa shape index (κ3) is 7.65. The van der Waals surface area contributed by atoms with E-state index in [1.807, 2.05) is 13.8 Å². The lowest BCUT2D eigenvalue weighted by Crippen LogP contribution is -2.35. The van der Waals surface area contributed by atoms with E-state index < -0.39 is 0 Å². The van der Waals surface area contributed by atoms with E-state index in [4.69, 9.17) is 5.73 Å². The summed E-state index contributed by atoms with van der Waals surface area (Å²) < 4.78 is 0. The van der Waals surface area contributed by atoms with Crippen LogP contribution in [0, 0.1) is 11.8 Å². The number of nitrogens with two attached hydrogens (primary N) is 1. The highest BCUT2D eigenvalue weighted by molar-refractivity contribution is 5.76. The minimum absolute atomic E-state index is 0.108. The topological polar surface area (TPSA) is 67.2 Å². The molecule has 0 aromatic carbocycles. The highest BCUT2D eigenvalue weighted by atomic mass is 16.1. The number of hydrogen-bond acceptors (Lipinski definition) is 3. The molecule has 0 bridgehead atoms. The third-order valence-corrected chi connectivity index (χ3v) is 2.63. The maximum Gasteiger partial charge on any atom is 0.221 e. The summed E-state index contributed by atoms with van der Waals surface area (Å²) in [5, 5.41) is 6.15. The van der Waals surface area contributed by atoms with Crippen molar-refractivity contribution in [3.63, 3.8) is 0 Å². The number of nitrogens with one attached hydrogen (secondary N) is 2. The Kier molecular flexibility index (Phi) is 8.21. The SMILES string of the molecule is CC(C)NC(=O)CCNCC(CN)C(C)C. The lowest BCUT2D eigenvalue weighted by Gasteiger charge is -2.19. The van der Waals surface area contributed by atoms with Gasteiger partial charge in [-0.15, -0.1) is 0 Å². The minimum Gasteiger partial charge on any atom is -0.354 e. The highest BCUT2D eigenvalue weighted by Crippen LogP contribution is 2.06. The van der Waals surface area contributed by atoms with E-state index in [9.17, 15) is 4.79 Å². The average molecular weight is 229 g/mol. The van der Waals surface area contributed by atoms with Crippen LogP contribution in [0.4, 0.5) is 0 Å². The van der Waals surface area contributed by atoms with Gasteiger partial charge in [0.25, 0.3) is 0 Å². The molecule has 0 radical (unpaired) electrons. The van der Waals surface area contributed by atoms with Crippen LogP contribution < -0.4 is 16.4 Å². The lowest BCUT2D eigenvalue weighted by atomic mass is 9.96. The molecule has 0 fully saturated rings. The molecular formula is C12H27N3O. The molecule has 0 spiro atoms. The van der Waals surface area contributed by atoms with Gasteiger partial charge >= 0.3 is 0 Å². The second-order valence-electron chi connectivity index (χ2n) is 4.92. The molecule has 0 heterocycles. The van der Waals surface area contributed by atoms with Gasteiger partial charge in [-0.05, 0) is 38.8 Å². The number of rotatable bonds is 8. The molecular weight excluding hydrogens is 202 g/mol. The lowest BCUT2D eigenvalue weighted by molar-refractivity contribution is -0.121. The molecule has 0 saturated heterocycles. The second-order valence-corrected chi connectivity index (χ2v) is 4.92. The van der Waals surface area contributed by atoms with E-state index in [0.29, 0.717) is 24.8 Å². The van der Waals surface area contributed by atoms with Crippen molar-refractivity contribution < 1.29 is 4.79 Å². The molecule has 0 rings (SSSR count). The van der Waals surface area contributed by atoms with Crippen LogP contribution in [0.25, 0.3) is 0 Å². The third-order valence-electron chi connectivity index (χ3n) is 2.63. The molecule has 4 nitrogen and oxygen atoms in total. The first kappa shape index (κ1) is 15.4. The summed E-state index contributed by atoms with van der Waals surface area (Å²) in [7, 11) is 0.